The van der Waals surface area contributed by atoms with Gasteiger partial charge in [0.2, 0.25) is 0 Å². The molecule has 0 saturated heterocycles. The van der Waals surface area contributed by atoms with Gasteiger partial charge in [0.1, 0.15) is 17.7 Å². The summed E-state index contributed by atoms with van der Waals surface area (Å²) in [7, 11) is 1.53. The van der Waals surface area contributed by atoms with Gasteiger partial charge in [-0.15, -0.1) is 0 Å². The lowest BCUT2D eigenvalue weighted by atomic mass is 10.2. The maximum Gasteiger partial charge on any atom is 0.461 e. The average molecular weight is 513 g/mol. The zero-order valence-corrected chi connectivity index (χ0v) is 19.5. The van der Waals surface area contributed by atoms with Crippen molar-refractivity contribution in [2.75, 3.05) is 25.2 Å². The SMILES string of the molecule is COCc1nc2ccc(Cl)cn2c1C(=O)NCc1ccc(N2CCN(SC(F)(F)F)C=N2)cc1. The first-order valence-corrected chi connectivity index (χ1v) is 11.3. The number of hydrazone groups is 1. The number of nitrogens with one attached hydrogen (secondary N) is 1. The van der Waals surface area contributed by atoms with E-state index in [1.165, 1.54) is 7.11 Å². The lowest BCUT2D eigenvalue weighted by Gasteiger charge is -2.29. The van der Waals surface area contributed by atoms with Crippen LogP contribution in [0.1, 0.15) is 21.7 Å². The van der Waals surface area contributed by atoms with Crippen molar-refractivity contribution in [3.05, 3.63) is 64.6 Å². The highest BCUT2D eigenvalue weighted by Gasteiger charge is 2.33. The number of hydrogen-bond donors (Lipinski definition) is 1. The average Bonchev–Trinajstić information content (AvgIpc) is 3.15. The van der Waals surface area contributed by atoms with Crippen LogP contribution in [0, 0.1) is 0 Å². The van der Waals surface area contributed by atoms with Crippen molar-refractivity contribution in [2.45, 2.75) is 18.7 Å². The van der Waals surface area contributed by atoms with Crippen molar-refractivity contribution >= 4 is 47.1 Å². The third kappa shape index (κ3) is 5.75. The van der Waals surface area contributed by atoms with Crippen LogP contribution in [0.2, 0.25) is 5.02 Å². The van der Waals surface area contributed by atoms with Crippen molar-refractivity contribution in [1.82, 2.24) is 19.0 Å². The molecule has 0 atom stereocenters. The summed E-state index contributed by atoms with van der Waals surface area (Å²) >= 11 is 5.88. The van der Waals surface area contributed by atoms with E-state index in [1.807, 2.05) is 12.1 Å². The van der Waals surface area contributed by atoms with Gasteiger partial charge < -0.3 is 10.1 Å². The number of nitrogens with zero attached hydrogens (tertiary/aromatic N) is 5. The Balaban J connectivity index is 1.41. The topological polar surface area (TPSA) is 74.5 Å². The Hall–Kier alpha value is -2.96. The molecule has 0 radical (unpaired) electrons. The Morgan fingerprint density at radius 3 is 2.62 bits per heavy atom. The number of carbonyl (C=O) groups excluding carboxylic acids is 1. The van der Waals surface area contributed by atoms with E-state index in [0.717, 1.165) is 21.9 Å². The number of pyridine rings is 1. The third-order valence-electron chi connectivity index (χ3n) is 4.91. The van der Waals surface area contributed by atoms with E-state index in [1.54, 1.807) is 39.9 Å². The number of benzene rings is 1. The predicted molar refractivity (Wildman–Crippen MR) is 125 cm³/mol. The van der Waals surface area contributed by atoms with Crippen LogP contribution < -0.4 is 10.3 Å². The van der Waals surface area contributed by atoms with Crippen LogP contribution >= 0.6 is 23.5 Å². The number of hydrogen-bond acceptors (Lipinski definition) is 7. The van der Waals surface area contributed by atoms with Gasteiger partial charge in [-0.05, 0) is 29.8 Å². The Kier molecular flexibility index (Phi) is 7.19. The van der Waals surface area contributed by atoms with Gasteiger partial charge in [0.25, 0.3) is 5.91 Å². The maximum absolute atomic E-state index is 13.0. The molecule has 0 saturated carbocycles. The van der Waals surface area contributed by atoms with Gasteiger partial charge >= 0.3 is 5.51 Å². The molecule has 1 amide bonds. The number of amides is 1. The number of rotatable bonds is 7. The van der Waals surface area contributed by atoms with Gasteiger partial charge in [-0.1, -0.05) is 23.7 Å². The molecular formula is C21H20ClF3N6O2S. The molecule has 0 fully saturated rings. The fraction of sp³-hybridized carbons (Fsp3) is 0.286. The normalized spacial score (nSPS) is 14.1. The first-order chi connectivity index (χ1) is 16.2. The van der Waals surface area contributed by atoms with Crippen LogP contribution in [0.25, 0.3) is 5.65 Å². The quantitative estimate of drug-likeness (QED) is 0.476. The van der Waals surface area contributed by atoms with Gasteiger partial charge in [0, 0.05) is 19.9 Å². The molecule has 1 aliphatic rings. The first kappa shape index (κ1) is 24.2. The Morgan fingerprint density at radius 1 is 1.21 bits per heavy atom. The summed E-state index contributed by atoms with van der Waals surface area (Å²) in [6, 6.07) is 10.7. The van der Waals surface area contributed by atoms with Crippen LogP contribution in [0.15, 0.2) is 47.7 Å². The van der Waals surface area contributed by atoms with Crippen LogP contribution in [0.4, 0.5) is 18.9 Å². The standard InChI is InChI=1S/C21H20ClF3N6O2S/c1-33-12-17-19(30-11-15(22)4-7-18(30)28-17)20(32)26-10-14-2-5-16(6-3-14)31-9-8-29(13-27-31)34-21(23,24)25/h2-7,11,13H,8-10,12H2,1H3,(H,26,32). The van der Waals surface area contributed by atoms with E-state index in [0.29, 0.717) is 28.6 Å². The largest absolute Gasteiger partial charge is 0.461 e. The molecule has 0 spiro atoms. The Morgan fingerprint density at radius 2 is 1.97 bits per heavy atom. The van der Waals surface area contributed by atoms with Gasteiger partial charge in [0.05, 0.1) is 48.0 Å². The molecule has 3 aromatic rings. The minimum absolute atomic E-state index is 0.173. The van der Waals surface area contributed by atoms with Crippen molar-refractivity contribution in [3.63, 3.8) is 0 Å². The van der Waals surface area contributed by atoms with Crippen molar-refractivity contribution < 1.29 is 22.7 Å². The first-order valence-electron chi connectivity index (χ1n) is 10.1. The van der Waals surface area contributed by atoms with Gasteiger partial charge in [-0.2, -0.15) is 18.3 Å². The van der Waals surface area contributed by atoms with Gasteiger partial charge in [-0.3, -0.25) is 18.5 Å². The van der Waals surface area contributed by atoms with E-state index in [4.69, 9.17) is 16.3 Å². The number of carbonyl (C=O) groups is 1. The van der Waals surface area contributed by atoms with Crippen molar-refractivity contribution in [1.29, 1.82) is 0 Å². The summed E-state index contributed by atoms with van der Waals surface area (Å²) in [5, 5.41) is 9.05. The summed E-state index contributed by atoms with van der Waals surface area (Å²) in [5.74, 6) is -0.325. The molecular weight excluding hydrogens is 493 g/mol. The zero-order chi connectivity index (χ0) is 24.3. The second kappa shape index (κ2) is 10.1. The number of alkyl halides is 3. The second-order valence-corrected chi connectivity index (χ2v) is 8.85. The van der Waals surface area contributed by atoms with Gasteiger partial charge in [0.15, 0.2) is 0 Å². The smallest absolute Gasteiger partial charge is 0.378 e. The van der Waals surface area contributed by atoms with Gasteiger partial charge in [-0.25, -0.2) is 4.98 Å². The molecule has 180 valence electrons. The fourth-order valence-corrected chi connectivity index (χ4v) is 4.11. The molecule has 4 rings (SSSR count). The number of halogens is 4. The molecule has 0 unspecified atom stereocenters. The molecule has 8 nitrogen and oxygen atoms in total. The number of methoxy groups -OCH3 is 1. The summed E-state index contributed by atoms with van der Waals surface area (Å²) in [4.78, 5) is 17.4. The molecule has 0 bridgehead atoms. The van der Waals surface area contributed by atoms with E-state index in [9.17, 15) is 18.0 Å². The molecule has 3 heterocycles. The van der Waals surface area contributed by atoms with Crippen molar-refractivity contribution in [3.8, 4) is 0 Å². The molecule has 1 N–H and O–H groups in total. The molecule has 34 heavy (non-hydrogen) atoms. The maximum atomic E-state index is 13.0. The van der Waals surface area contributed by atoms with Crippen LogP contribution in [-0.2, 0) is 17.9 Å². The number of ether oxygens (including phenoxy) is 1. The summed E-state index contributed by atoms with van der Waals surface area (Å²) < 4.78 is 45.3. The number of anilines is 1. The summed E-state index contributed by atoms with van der Waals surface area (Å²) in [5.41, 5.74) is -1.34. The number of fused-ring (bicyclic) bond motifs is 1. The van der Waals surface area contributed by atoms with E-state index >= 15 is 0 Å². The van der Waals surface area contributed by atoms with Crippen LogP contribution in [0.5, 0.6) is 0 Å². The highest BCUT2D eigenvalue weighted by atomic mass is 35.5. The summed E-state index contributed by atoms with van der Waals surface area (Å²) in [6.45, 7) is 0.929. The molecule has 0 aliphatic carbocycles. The molecule has 2 aromatic heterocycles. The summed E-state index contributed by atoms with van der Waals surface area (Å²) in [6.07, 6.45) is 2.79. The van der Waals surface area contributed by atoms with Crippen LogP contribution in [-0.4, -0.2) is 51.6 Å². The minimum atomic E-state index is -4.35. The highest BCUT2D eigenvalue weighted by Crippen LogP contribution is 2.33. The van der Waals surface area contributed by atoms with Crippen LogP contribution in [0.3, 0.4) is 0 Å². The molecule has 1 aromatic carbocycles. The molecule has 13 heteroatoms. The third-order valence-corrected chi connectivity index (χ3v) is 5.85. The molecule has 1 aliphatic heterocycles. The highest BCUT2D eigenvalue weighted by molar-refractivity contribution is 7.98. The lowest BCUT2D eigenvalue weighted by molar-refractivity contribution is -0.0351. The van der Waals surface area contributed by atoms with E-state index in [-0.39, 0.29) is 37.6 Å². The zero-order valence-electron chi connectivity index (χ0n) is 17.9. The number of imidazole rings is 1. The lowest BCUT2D eigenvalue weighted by Crippen LogP contribution is -2.35. The van der Waals surface area contributed by atoms with E-state index in [2.05, 4.69) is 15.4 Å². The monoisotopic (exact) mass is 512 g/mol. The Bertz CT molecular complexity index is 1200. The second-order valence-electron chi connectivity index (χ2n) is 7.30. The Labute approximate surface area is 202 Å². The fourth-order valence-electron chi connectivity index (χ4n) is 3.42. The minimum Gasteiger partial charge on any atom is -0.378 e. The van der Waals surface area contributed by atoms with E-state index < -0.39 is 5.51 Å². The predicted octanol–water partition coefficient (Wildman–Crippen LogP) is 4.30. The van der Waals surface area contributed by atoms with Crippen molar-refractivity contribution in [2.24, 2.45) is 5.10 Å². The number of aromatic nitrogens is 2.